The van der Waals surface area contributed by atoms with Gasteiger partial charge in [-0.3, -0.25) is 0 Å². The molecule has 0 aliphatic rings. The number of hydrogen-bond donors (Lipinski definition) is 2. The van der Waals surface area contributed by atoms with Crippen molar-refractivity contribution in [2.24, 2.45) is 0 Å². The summed E-state index contributed by atoms with van der Waals surface area (Å²) in [6, 6.07) is 10.8. The summed E-state index contributed by atoms with van der Waals surface area (Å²) in [4.78, 5) is 4.25. The Morgan fingerprint density at radius 2 is 1.93 bits per heavy atom. The van der Waals surface area contributed by atoms with Gasteiger partial charge in [-0.25, -0.2) is 0 Å². The summed E-state index contributed by atoms with van der Waals surface area (Å²) < 4.78 is 13.1. The maximum atomic E-state index is 8.91. The molecule has 0 saturated carbocycles. The van der Waals surface area contributed by atoms with E-state index in [0.717, 1.165) is 10.0 Å². The molecule has 138 valence electrons. The van der Waals surface area contributed by atoms with Crippen LogP contribution in [0.5, 0.6) is 11.5 Å². The lowest BCUT2D eigenvalue weighted by Gasteiger charge is -2.15. The van der Waals surface area contributed by atoms with Gasteiger partial charge in [-0.2, -0.15) is 14.9 Å². The lowest BCUT2D eigenvalue weighted by Crippen LogP contribution is -2.02. The molecule has 3 rings (SSSR count). The summed E-state index contributed by atoms with van der Waals surface area (Å²) in [5, 5.41) is 16.4. The summed E-state index contributed by atoms with van der Waals surface area (Å²) in [5.41, 5.74) is 8.79. The Morgan fingerprint density at radius 1 is 1.22 bits per heavy atom. The van der Waals surface area contributed by atoms with E-state index in [1.807, 2.05) is 13.0 Å². The number of nitrogen functional groups attached to an aromatic ring is 1. The first-order chi connectivity index (χ1) is 13.0. The van der Waals surface area contributed by atoms with Crippen molar-refractivity contribution in [2.75, 3.05) is 25.3 Å². The number of aromatic nitrogens is 3. The van der Waals surface area contributed by atoms with Crippen LogP contribution in [0.1, 0.15) is 11.1 Å². The summed E-state index contributed by atoms with van der Waals surface area (Å²) in [6.07, 6.45) is 0. The van der Waals surface area contributed by atoms with Gasteiger partial charge in [-0.15, -0.1) is 5.10 Å². The molecule has 2 aromatic carbocycles. The SMILES string of the molecule is COc1cc(Nc2nc(N)n(-c3ccc(C#N)cc3)n2)c(Br)c(OC)c1C. The minimum atomic E-state index is 0.212. The van der Waals surface area contributed by atoms with Crippen molar-refractivity contribution >= 4 is 33.5 Å². The number of methoxy groups -OCH3 is 2. The number of nitrogens with two attached hydrogens (primary N) is 1. The highest BCUT2D eigenvalue weighted by atomic mass is 79.9. The van der Waals surface area contributed by atoms with Crippen molar-refractivity contribution in [3.05, 3.63) is 45.9 Å². The Kier molecular flexibility index (Phi) is 5.19. The molecule has 0 unspecified atom stereocenters. The molecule has 1 aromatic heterocycles. The molecule has 27 heavy (non-hydrogen) atoms. The Balaban J connectivity index is 1.97. The van der Waals surface area contributed by atoms with E-state index < -0.39 is 0 Å². The van der Waals surface area contributed by atoms with Gasteiger partial charge in [-0.1, -0.05) is 0 Å². The summed E-state index contributed by atoms with van der Waals surface area (Å²) >= 11 is 3.53. The number of ether oxygens (including phenoxy) is 2. The fraction of sp³-hybridized carbons (Fsp3) is 0.167. The van der Waals surface area contributed by atoms with Crippen LogP contribution < -0.4 is 20.5 Å². The molecule has 0 atom stereocenters. The van der Waals surface area contributed by atoms with Gasteiger partial charge >= 0.3 is 0 Å². The normalized spacial score (nSPS) is 10.3. The number of hydrogen-bond acceptors (Lipinski definition) is 7. The van der Waals surface area contributed by atoms with E-state index in [2.05, 4.69) is 37.4 Å². The quantitative estimate of drug-likeness (QED) is 0.638. The van der Waals surface area contributed by atoms with E-state index in [4.69, 9.17) is 20.5 Å². The number of anilines is 3. The third-order valence-corrected chi connectivity index (χ3v) is 4.75. The van der Waals surface area contributed by atoms with Gasteiger partial charge < -0.3 is 20.5 Å². The van der Waals surface area contributed by atoms with Crippen molar-refractivity contribution in [1.82, 2.24) is 14.8 Å². The fourth-order valence-corrected chi connectivity index (χ4v) is 3.28. The highest BCUT2D eigenvalue weighted by molar-refractivity contribution is 9.10. The average molecular weight is 429 g/mol. The van der Waals surface area contributed by atoms with Crippen LogP contribution in [0.15, 0.2) is 34.8 Å². The highest BCUT2D eigenvalue weighted by Gasteiger charge is 2.17. The first kappa shape index (κ1) is 18.5. The van der Waals surface area contributed by atoms with E-state index in [0.29, 0.717) is 34.4 Å². The average Bonchev–Trinajstić information content (AvgIpc) is 3.04. The van der Waals surface area contributed by atoms with Crippen molar-refractivity contribution in [3.8, 4) is 23.3 Å². The molecule has 0 spiro atoms. The van der Waals surface area contributed by atoms with Gasteiger partial charge in [0.1, 0.15) is 11.5 Å². The minimum Gasteiger partial charge on any atom is -0.496 e. The molecule has 0 bridgehead atoms. The first-order valence-corrected chi connectivity index (χ1v) is 8.69. The second kappa shape index (κ2) is 7.55. The van der Waals surface area contributed by atoms with Crippen LogP contribution in [-0.2, 0) is 0 Å². The molecule has 3 aromatic rings. The predicted octanol–water partition coefficient (Wildman–Crippen LogP) is 3.55. The van der Waals surface area contributed by atoms with Crippen LogP contribution in [-0.4, -0.2) is 29.0 Å². The summed E-state index contributed by atoms with van der Waals surface area (Å²) in [6.45, 7) is 1.90. The molecular formula is C18H17BrN6O2. The van der Waals surface area contributed by atoms with E-state index in [1.54, 1.807) is 38.5 Å². The highest BCUT2D eigenvalue weighted by Crippen LogP contribution is 2.41. The number of rotatable bonds is 5. The van der Waals surface area contributed by atoms with E-state index in [1.165, 1.54) is 4.68 Å². The lowest BCUT2D eigenvalue weighted by atomic mass is 10.1. The zero-order valence-electron chi connectivity index (χ0n) is 14.9. The number of benzene rings is 2. The third kappa shape index (κ3) is 3.52. The molecule has 0 fully saturated rings. The number of nitrogens with one attached hydrogen (secondary N) is 1. The van der Waals surface area contributed by atoms with E-state index >= 15 is 0 Å². The molecule has 0 radical (unpaired) electrons. The molecule has 8 nitrogen and oxygen atoms in total. The smallest absolute Gasteiger partial charge is 0.248 e. The van der Waals surface area contributed by atoms with E-state index in [9.17, 15) is 0 Å². The Morgan fingerprint density at radius 3 is 2.52 bits per heavy atom. The van der Waals surface area contributed by atoms with Crippen LogP contribution in [0.3, 0.4) is 0 Å². The van der Waals surface area contributed by atoms with Crippen molar-refractivity contribution in [3.63, 3.8) is 0 Å². The molecule has 3 N–H and O–H groups in total. The van der Waals surface area contributed by atoms with Crippen molar-refractivity contribution in [2.45, 2.75) is 6.92 Å². The van der Waals surface area contributed by atoms with Gasteiger partial charge in [0.15, 0.2) is 0 Å². The predicted molar refractivity (Wildman–Crippen MR) is 106 cm³/mol. The zero-order chi connectivity index (χ0) is 19.6. The number of nitrogens with zero attached hydrogens (tertiary/aromatic N) is 4. The van der Waals surface area contributed by atoms with Crippen LogP contribution in [0.2, 0.25) is 0 Å². The van der Waals surface area contributed by atoms with Crippen LogP contribution >= 0.6 is 15.9 Å². The fourth-order valence-electron chi connectivity index (χ4n) is 2.61. The number of nitriles is 1. The molecule has 0 amide bonds. The van der Waals surface area contributed by atoms with Crippen molar-refractivity contribution in [1.29, 1.82) is 5.26 Å². The van der Waals surface area contributed by atoms with Gasteiger partial charge in [0, 0.05) is 11.6 Å². The van der Waals surface area contributed by atoms with E-state index in [-0.39, 0.29) is 5.95 Å². The van der Waals surface area contributed by atoms with Gasteiger partial charge in [-0.05, 0) is 47.1 Å². The summed E-state index contributed by atoms with van der Waals surface area (Å²) in [7, 11) is 3.18. The number of halogens is 1. The maximum absolute atomic E-state index is 8.91. The van der Waals surface area contributed by atoms with Crippen molar-refractivity contribution < 1.29 is 9.47 Å². The zero-order valence-corrected chi connectivity index (χ0v) is 16.5. The largest absolute Gasteiger partial charge is 0.496 e. The molecule has 0 saturated heterocycles. The minimum absolute atomic E-state index is 0.212. The van der Waals surface area contributed by atoms with Crippen LogP contribution in [0.4, 0.5) is 17.6 Å². The second-order valence-electron chi connectivity index (χ2n) is 5.59. The second-order valence-corrected chi connectivity index (χ2v) is 6.38. The third-order valence-electron chi connectivity index (χ3n) is 3.97. The monoisotopic (exact) mass is 428 g/mol. The molecular weight excluding hydrogens is 412 g/mol. The lowest BCUT2D eigenvalue weighted by molar-refractivity contribution is 0.387. The maximum Gasteiger partial charge on any atom is 0.248 e. The summed E-state index contributed by atoms with van der Waals surface area (Å²) in [5.74, 6) is 1.84. The Hall–Kier alpha value is -3.25. The standard InChI is InChI=1S/C18H17BrN6O2/c1-10-14(26-2)8-13(15(19)16(10)27-3)22-18-23-17(21)25(24-18)12-6-4-11(9-20)5-7-12/h4-8H,1-3H3,(H3,21,22,23,24). The Labute approximate surface area is 164 Å². The van der Waals surface area contributed by atoms with Crippen LogP contribution in [0, 0.1) is 18.3 Å². The molecule has 1 heterocycles. The van der Waals surface area contributed by atoms with Gasteiger partial charge in [0.2, 0.25) is 11.9 Å². The molecule has 9 heteroatoms. The van der Waals surface area contributed by atoms with Crippen LogP contribution in [0.25, 0.3) is 5.69 Å². The van der Waals surface area contributed by atoms with Gasteiger partial charge in [0.25, 0.3) is 0 Å². The molecule has 0 aliphatic carbocycles. The topological polar surface area (TPSA) is 111 Å². The first-order valence-electron chi connectivity index (χ1n) is 7.89. The Bertz CT molecular complexity index is 1020. The molecule has 0 aliphatic heterocycles. The van der Waals surface area contributed by atoms with Gasteiger partial charge in [0.05, 0.1) is 41.7 Å².